The van der Waals surface area contributed by atoms with Gasteiger partial charge < -0.3 is 15.2 Å². The quantitative estimate of drug-likeness (QED) is 0.498. The highest BCUT2D eigenvalue weighted by atomic mass is 15.3. The molecule has 0 aliphatic rings. The van der Waals surface area contributed by atoms with Crippen molar-refractivity contribution in [3.05, 3.63) is 48.0 Å². The van der Waals surface area contributed by atoms with Gasteiger partial charge in [0.15, 0.2) is 5.96 Å². The summed E-state index contributed by atoms with van der Waals surface area (Å²) in [4.78, 5) is 4.73. The zero-order valence-corrected chi connectivity index (χ0v) is 17.2. The van der Waals surface area contributed by atoms with E-state index >= 15 is 0 Å². The van der Waals surface area contributed by atoms with E-state index in [0.717, 1.165) is 50.7 Å². The molecule has 0 saturated carbocycles. The molecule has 1 heterocycles. The smallest absolute Gasteiger partial charge is 0.191 e. The summed E-state index contributed by atoms with van der Waals surface area (Å²) in [5.41, 5.74) is 1.37. The largest absolute Gasteiger partial charge is 0.355 e. The molecule has 1 atom stereocenters. The number of rotatable bonds is 10. The van der Waals surface area contributed by atoms with Gasteiger partial charge in [0.1, 0.15) is 12.2 Å². The van der Waals surface area contributed by atoms with Crippen LogP contribution in [0, 0.1) is 5.92 Å². The zero-order chi connectivity index (χ0) is 19.5. The summed E-state index contributed by atoms with van der Waals surface area (Å²) in [5.74, 6) is 2.44. The number of hydrogen-bond donors (Lipinski definition) is 2. The molecule has 27 heavy (non-hydrogen) atoms. The predicted molar refractivity (Wildman–Crippen MR) is 112 cm³/mol. The van der Waals surface area contributed by atoms with Crippen LogP contribution in [0.5, 0.6) is 0 Å². The molecule has 6 heteroatoms. The zero-order valence-electron chi connectivity index (χ0n) is 17.2. The van der Waals surface area contributed by atoms with E-state index in [0.29, 0.717) is 12.0 Å². The van der Waals surface area contributed by atoms with Crippen molar-refractivity contribution in [2.75, 3.05) is 13.1 Å². The molecule has 1 aromatic heterocycles. The lowest BCUT2D eigenvalue weighted by Gasteiger charge is -2.19. The molecule has 0 bridgehead atoms. The van der Waals surface area contributed by atoms with Crippen molar-refractivity contribution in [3.63, 3.8) is 0 Å². The van der Waals surface area contributed by atoms with E-state index in [4.69, 9.17) is 4.99 Å². The van der Waals surface area contributed by atoms with Crippen LogP contribution in [-0.2, 0) is 19.4 Å². The minimum atomic E-state index is 0.352. The monoisotopic (exact) mass is 370 g/mol. The fourth-order valence-corrected chi connectivity index (χ4v) is 2.79. The Labute approximate surface area is 163 Å². The van der Waals surface area contributed by atoms with Crippen molar-refractivity contribution in [2.45, 2.75) is 59.5 Å². The second-order valence-electron chi connectivity index (χ2n) is 7.37. The van der Waals surface area contributed by atoms with Crippen molar-refractivity contribution >= 4 is 5.96 Å². The highest BCUT2D eigenvalue weighted by Crippen LogP contribution is 2.05. The van der Waals surface area contributed by atoms with Gasteiger partial charge in [-0.3, -0.25) is 4.99 Å². The first-order chi connectivity index (χ1) is 13.1. The number of nitrogens with one attached hydrogen (secondary N) is 2. The van der Waals surface area contributed by atoms with Gasteiger partial charge in [-0.1, -0.05) is 51.1 Å². The first-order valence-electron chi connectivity index (χ1n) is 10.0. The van der Waals surface area contributed by atoms with Gasteiger partial charge in [0.2, 0.25) is 0 Å². The van der Waals surface area contributed by atoms with Crippen molar-refractivity contribution in [1.82, 2.24) is 25.4 Å². The Bertz CT molecular complexity index is 677. The van der Waals surface area contributed by atoms with Crippen LogP contribution >= 0.6 is 0 Å². The third-order valence-corrected chi connectivity index (χ3v) is 4.36. The van der Waals surface area contributed by atoms with Gasteiger partial charge in [-0.05, 0) is 31.2 Å². The van der Waals surface area contributed by atoms with Gasteiger partial charge in [-0.25, -0.2) is 0 Å². The highest BCUT2D eigenvalue weighted by Gasteiger charge is 2.07. The van der Waals surface area contributed by atoms with Gasteiger partial charge in [0.05, 0.1) is 0 Å². The maximum atomic E-state index is 4.73. The lowest BCUT2D eigenvalue weighted by Crippen LogP contribution is -2.43. The van der Waals surface area contributed by atoms with Crippen LogP contribution < -0.4 is 10.6 Å². The maximum Gasteiger partial charge on any atom is 0.191 e. The summed E-state index contributed by atoms with van der Waals surface area (Å²) in [5, 5.41) is 15.1. The van der Waals surface area contributed by atoms with Crippen molar-refractivity contribution < 1.29 is 0 Å². The van der Waals surface area contributed by atoms with Crippen LogP contribution in [0.2, 0.25) is 0 Å². The Morgan fingerprint density at radius 1 is 1.19 bits per heavy atom. The molecule has 0 amide bonds. The number of guanidine groups is 1. The second-order valence-corrected chi connectivity index (χ2v) is 7.37. The van der Waals surface area contributed by atoms with Crippen LogP contribution in [0.25, 0.3) is 0 Å². The fraction of sp³-hybridized carbons (Fsp3) is 0.571. The van der Waals surface area contributed by atoms with E-state index in [2.05, 4.69) is 83.4 Å². The van der Waals surface area contributed by atoms with Crippen LogP contribution in [0.1, 0.15) is 45.5 Å². The van der Waals surface area contributed by atoms with Crippen LogP contribution in [0.3, 0.4) is 0 Å². The van der Waals surface area contributed by atoms with Crippen LogP contribution in [-0.4, -0.2) is 39.9 Å². The first kappa shape index (κ1) is 20.9. The molecule has 0 saturated heterocycles. The van der Waals surface area contributed by atoms with Crippen molar-refractivity contribution in [1.29, 1.82) is 0 Å². The molecule has 0 spiro atoms. The topological polar surface area (TPSA) is 67.1 Å². The van der Waals surface area contributed by atoms with E-state index < -0.39 is 0 Å². The van der Waals surface area contributed by atoms with Crippen LogP contribution in [0.4, 0.5) is 0 Å². The number of aliphatic imine (C=N–C) groups is 1. The average molecular weight is 371 g/mol. The van der Waals surface area contributed by atoms with E-state index in [1.807, 2.05) is 0 Å². The molecule has 0 aliphatic heterocycles. The predicted octanol–water partition coefficient (Wildman–Crippen LogP) is 3.05. The Kier molecular flexibility index (Phi) is 8.81. The molecular weight excluding hydrogens is 336 g/mol. The molecule has 6 nitrogen and oxygen atoms in total. The summed E-state index contributed by atoms with van der Waals surface area (Å²) in [7, 11) is 0. The van der Waals surface area contributed by atoms with E-state index in [1.54, 1.807) is 6.33 Å². The number of benzene rings is 1. The van der Waals surface area contributed by atoms with E-state index in [1.165, 1.54) is 5.56 Å². The molecule has 0 fully saturated rings. The van der Waals surface area contributed by atoms with Gasteiger partial charge in [-0.2, -0.15) is 0 Å². The van der Waals surface area contributed by atoms with Crippen molar-refractivity contribution in [2.24, 2.45) is 10.9 Å². The van der Waals surface area contributed by atoms with Gasteiger partial charge in [0, 0.05) is 32.1 Å². The molecule has 2 N–H and O–H groups in total. The first-order valence-corrected chi connectivity index (χ1v) is 10.0. The molecule has 148 valence electrons. The number of aromatic nitrogens is 3. The van der Waals surface area contributed by atoms with Gasteiger partial charge in [0.25, 0.3) is 0 Å². The normalized spacial score (nSPS) is 13.0. The fourth-order valence-electron chi connectivity index (χ4n) is 2.79. The molecule has 1 aromatic carbocycles. The second kappa shape index (κ2) is 11.4. The third-order valence-electron chi connectivity index (χ3n) is 4.36. The Morgan fingerprint density at radius 2 is 1.96 bits per heavy atom. The number of hydrogen-bond acceptors (Lipinski definition) is 3. The Hall–Kier alpha value is -2.37. The summed E-state index contributed by atoms with van der Waals surface area (Å²) in [6.45, 7) is 11.1. The van der Waals surface area contributed by atoms with E-state index in [9.17, 15) is 0 Å². The van der Waals surface area contributed by atoms with Gasteiger partial charge >= 0.3 is 0 Å². The molecule has 2 rings (SSSR count). The lowest BCUT2D eigenvalue weighted by molar-refractivity contribution is 0.574. The Morgan fingerprint density at radius 3 is 2.67 bits per heavy atom. The minimum Gasteiger partial charge on any atom is -0.355 e. The summed E-state index contributed by atoms with van der Waals surface area (Å²) in [6.07, 6.45) is 4.81. The SMILES string of the molecule is CCc1nncn1CCNC(=NCC(C)C)NC(C)CCc1ccccc1. The highest BCUT2D eigenvalue weighted by molar-refractivity contribution is 5.80. The van der Waals surface area contributed by atoms with Crippen LogP contribution in [0.15, 0.2) is 41.7 Å². The molecular formula is C21H34N6. The number of aryl methyl sites for hydroxylation is 2. The molecule has 0 aliphatic carbocycles. The number of nitrogens with zero attached hydrogens (tertiary/aromatic N) is 4. The Balaban J connectivity index is 1.84. The maximum absolute atomic E-state index is 4.73. The minimum absolute atomic E-state index is 0.352. The molecule has 1 unspecified atom stereocenters. The van der Waals surface area contributed by atoms with Gasteiger partial charge in [-0.15, -0.1) is 10.2 Å². The lowest BCUT2D eigenvalue weighted by atomic mass is 10.1. The average Bonchev–Trinajstić information content (AvgIpc) is 3.12. The summed E-state index contributed by atoms with van der Waals surface area (Å²) >= 11 is 0. The van der Waals surface area contributed by atoms with Crippen molar-refractivity contribution in [3.8, 4) is 0 Å². The molecule has 2 aromatic rings. The summed E-state index contributed by atoms with van der Waals surface area (Å²) < 4.78 is 2.09. The molecule has 0 radical (unpaired) electrons. The third kappa shape index (κ3) is 7.81. The standard InChI is InChI=1S/C21H34N6/c1-5-20-26-24-16-27(20)14-13-22-21(23-15-17(2)3)25-18(4)11-12-19-9-7-6-8-10-19/h6-10,16-18H,5,11-15H2,1-4H3,(H2,22,23,25). The van der Waals surface area contributed by atoms with E-state index in [-0.39, 0.29) is 0 Å². The summed E-state index contributed by atoms with van der Waals surface area (Å²) in [6, 6.07) is 11.0.